The second-order valence-corrected chi connectivity index (χ2v) is 7.61. The third-order valence-electron chi connectivity index (χ3n) is 5.51. The van der Waals surface area contributed by atoms with E-state index < -0.39 is 11.9 Å². The van der Waals surface area contributed by atoms with Crippen LogP contribution in [0.1, 0.15) is 27.7 Å². The standard InChI is InChI=1S/C26H24N4O3/c1-18-22(26(33)30(29(18)2)21-16-10-5-11-17-21)27-25(32)23(19-12-6-3-7-13-19)28-24(31)20-14-8-4-9-15-20/h3-17,23H,1-2H3,(H,27,32)(H,28,31). The first-order chi connectivity index (χ1) is 16.0. The molecule has 0 radical (unpaired) electrons. The van der Waals surface area contributed by atoms with Gasteiger partial charge in [0.25, 0.3) is 17.4 Å². The van der Waals surface area contributed by atoms with Gasteiger partial charge in [-0.1, -0.05) is 66.7 Å². The highest BCUT2D eigenvalue weighted by Crippen LogP contribution is 2.19. The van der Waals surface area contributed by atoms with Crippen LogP contribution in [0, 0.1) is 6.92 Å². The summed E-state index contributed by atoms with van der Waals surface area (Å²) in [6.45, 7) is 1.76. The minimum absolute atomic E-state index is 0.168. The van der Waals surface area contributed by atoms with Gasteiger partial charge in [-0.25, -0.2) is 4.68 Å². The van der Waals surface area contributed by atoms with Gasteiger partial charge in [0.15, 0.2) is 0 Å². The molecule has 0 aliphatic carbocycles. The molecule has 0 aliphatic rings. The van der Waals surface area contributed by atoms with Crippen LogP contribution in [-0.4, -0.2) is 21.2 Å². The fraction of sp³-hybridized carbons (Fsp3) is 0.115. The number of nitrogens with zero attached hydrogens (tertiary/aromatic N) is 2. The molecule has 1 aromatic heterocycles. The maximum atomic E-state index is 13.4. The number of benzene rings is 3. The predicted molar refractivity (Wildman–Crippen MR) is 127 cm³/mol. The lowest BCUT2D eigenvalue weighted by atomic mass is 10.1. The molecular formula is C26H24N4O3. The Kier molecular flexibility index (Phi) is 6.22. The summed E-state index contributed by atoms with van der Waals surface area (Å²) in [6.07, 6.45) is 0. The van der Waals surface area contributed by atoms with Gasteiger partial charge in [0, 0.05) is 12.6 Å². The lowest BCUT2D eigenvalue weighted by Crippen LogP contribution is -2.37. The van der Waals surface area contributed by atoms with Crippen LogP contribution in [0.2, 0.25) is 0 Å². The molecule has 1 heterocycles. The van der Waals surface area contributed by atoms with Crippen molar-refractivity contribution in [2.45, 2.75) is 13.0 Å². The van der Waals surface area contributed by atoms with E-state index in [0.717, 1.165) is 0 Å². The first kappa shape index (κ1) is 21.8. The number of carbonyl (C=O) groups excluding carboxylic acids is 2. The summed E-state index contributed by atoms with van der Waals surface area (Å²) in [7, 11) is 1.76. The third kappa shape index (κ3) is 4.48. The smallest absolute Gasteiger partial charge is 0.295 e. The molecule has 1 atom stereocenters. The van der Waals surface area contributed by atoms with Gasteiger partial charge in [-0.2, -0.15) is 0 Å². The predicted octanol–water partition coefficient (Wildman–Crippen LogP) is 3.59. The lowest BCUT2D eigenvalue weighted by molar-refractivity contribution is -0.118. The van der Waals surface area contributed by atoms with E-state index >= 15 is 0 Å². The largest absolute Gasteiger partial charge is 0.336 e. The Morgan fingerprint density at radius 1 is 0.818 bits per heavy atom. The van der Waals surface area contributed by atoms with Crippen molar-refractivity contribution in [3.8, 4) is 5.69 Å². The van der Waals surface area contributed by atoms with E-state index in [4.69, 9.17) is 0 Å². The molecule has 7 heteroatoms. The van der Waals surface area contributed by atoms with Crippen LogP contribution in [0.25, 0.3) is 5.69 Å². The molecule has 7 nitrogen and oxygen atoms in total. The van der Waals surface area contributed by atoms with Crippen molar-refractivity contribution in [3.63, 3.8) is 0 Å². The van der Waals surface area contributed by atoms with Crippen LogP contribution in [0.4, 0.5) is 5.69 Å². The Labute approximate surface area is 191 Å². The molecule has 33 heavy (non-hydrogen) atoms. The highest BCUT2D eigenvalue weighted by molar-refractivity contribution is 6.01. The summed E-state index contributed by atoms with van der Waals surface area (Å²) in [6, 6.07) is 25.8. The summed E-state index contributed by atoms with van der Waals surface area (Å²) in [5.41, 5.74) is 2.14. The van der Waals surface area contributed by atoms with Crippen LogP contribution in [-0.2, 0) is 11.8 Å². The molecule has 0 saturated heterocycles. The quantitative estimate of drug-likeness (QED) is 0.481. The summed E-state index contributed by atoms with van der Waals surface area (Å²) in [5.74, 6) is -0.887. The third-order valence-corrected chi connectivity index (χ3v) is 5.51. The highest BCUT2D eigenvalue weighted by atomic mass is 16.2. The van der Waals surface area contributed by atoms with Gasteiger partial charge in [0.1, 0.15) is 11.7 Å². The van der Waals surface area contributed by atoms with Crippen LogP contribution in [0.5, 0.6) is 0 Å². The van der Waals surface area contributed by atoms with Crippen LogP contribution in [0.15, 0.2) is 95.8 Å². The Morgan fingerprint density at radius 2 is 1.36 bits per heavy atom. The Bertz CT molecular complexity index is 1330. The zero-order valence-electron chi connectivity index (χ0n) is 18.4. The highest BCUT2D eigenvalue weighted by Gasteiger charge is 2.26. The van der Waals surface area contributed by atoms with Gasteiger partial charge < -0.3 is 10.6 Å². The van der Waals surface area contributed by atoms with E-state index in [0.29, 0.717) is 22.5 Å². The van der Waals surface area contributed by atoms with Gasteiger partial charge in [-0.05, 0) is 36.8 Å². The van der Waals surface area contributed by atoms with Crippen molar-refractivity contribution in [3.05, 3.63) is 118 Å². The normalized spacial score (nSPS) is 11.6. The summed E-state index contributed by atoms with van der Waals surface area (Å²) in [4.78, 5) is 39.3. The number of nitrogens with one attached hydrogen (secondary N) is 2. The van der Waals surface area contributed by atoms with E-state index in [9.17, 15) is 14.4 Å². The van der Waals surface area contributed by atoms with Crippen LogP contribution in [0.3, 0.4) is 0 Å². The number of aromatic nitrogens is 2. The van der Waals surface area contributed by atoms with Crippen molar-refractivity contribution in [2.75, 3.05) is 5.32 Å². The summed E-state index contributed by atoms with van der Waals surface area (Å²) >= 11 is 0. The van der Waals surface area contributed by atoms with E-state index in [1.807, 2.05) is 42.5 Å². The fourth-order valence-electron chi connectivity index (χ4n) is 3.66. The minimum Gasteiger partial charge on any atom is -0.336 e. The molecule has 166 valence electrons. The Morgan fingerprint density at radius 3 is 1.97 bits per heavy atom. The van der Waals surface area contributed by atoms with Gasteiger partial charge in [0.2, 0.25) is 0 Å². The molecule has 4 rings (SSSR count). The molecule has 2 amide bonds. The van der Waals surface area contributed by atoms with E-state index in [1.54, 1.807) is 67.2 Å². The van der Waals surface area contributed by atoms with Gasteiger partial charge in [-0.15, -0.1) is 0 Å². The molecule has 0 spiro atoms. The average Bonchev–Trinajstić information content (AvgIpc) is 3.06. The SMILES string of the molecule is Cc1c(NC(=O)C(NC(=O)c2ccccc2)c2ccccc2)c(=O)n(-c2ccccc2)n1C. The molecule has 2 N–H and O–H groups in total. The molecule has 0 fully saturated rings. The topological polar surface area (TPSA) is 85.1 Å². The number of hydrogen-bond donors (Lipinski definition) is 2. The van der Waals surface area contributed by atoms with Crippen molar-refractivity contribution in [2.24, 2.45) is 7.05 Å². The number of anilines is 1. The minimum atomic E-state index is -0.983. The second kappa shape index (κ2) is 9.40. The number of hydrogen-bond acceptors (Lipinski definition) is 3. The summed E-state index contributed by atoms with van der Waals surface area (Å²) in [5, 5.41) is 5.55. The average molecular weight is 441 g/mol. The van der Waals surface area contributed by atoms with E-state index in [2.05, 4.69) is 10.6 Å². The molecule has 3 aromatic carbocycles. The number of carbonyl (C=O) groups is 2. The first-order valence-corrected chi connectivity index (χ1v) is 10.5. The molecule has 1 unspecified atom stereocenters. The van der Waals surface area contributed by atoms with Crippen LogP contribution >= 0.6 is 0 Å². The van der Waals surface area contributed by atoms with Crippen LogP contribution < -0.4 is 16.2 Å². The van der Waals surface area contributed by atoms with Crippen molar-refractivity contribution in [1.29, 1.82) is 0 Å². The first-order valence-electron chi connectivity index (χ1n) is 10.5. The molecule has 0 saturated carbocycles. The zero-order chi connectivity index (χ0) is 23.4. The van der Waals surface area contributed by atoms with Crippen molar-refractivity contribution < 1.29 is 9.59 Å². The second-order valence-electron chi connectivity index (χ2n) is 7.61. The maximum Gasteiger partial charge on any atom is 0.295 e. The Hall–Kier alpha value is -4.39. The number of amides is 2. The molecule has 0 bridgehead atoms. The van der Waals surface area contributed by atoms with E-state index in [1.165, 1.54) is 4.68 Å². The number of rotatable bonds is 6. The maximum absolute atomic E-state index is 13.4. The monoisotopic (exact) mass is 440 g/mol. The molecular weight excluding hydrogens is 416 g/mol. The lowest BCUT2D eigenvalue weighted by Gasteiger charge is -2.18. The molecule has 4 aromatic rings. The van der Waals surface area contributed by atoms with Gasteiger partial charge in [0.05, 0.1) is 11.4 Å². The van der Waals surface area contributed by atoms with E-state index in [-0.39, 0.29) is 17.2 Å². The summed E-state index contributed by atoms with van der Waals surface area (Å²) < 4.78 is 3.18. The van der Waals surface area contributed by atoms with Gasteiger partial charge >= 0.3 is 0 Å². The fourth-order valence-corrected chi connectivity index (χ4v) is 3.66. The van der Waals surface area contributed by atoms with Crippen molar-refractivity contribution in [1.82, 2.24) is 14.7 Å². The van der Waals surface area contributed by atoms with Crippen molar-refractivity contribution >= 4 is 17.5 Å². The number of para-hydroxylation sites is 1. The Balaban J connectivity index is 1.67. The van der Waals surface area contributed by atoms with Gasteiger partial charge in [-0.3, -0.25) is 19.1 Å². The zero-order valence-corrected chi connectivity index (χ0v) is 18.4. The molecule has 0 aliphatic heterocycles.